The Kier molecular flexibility index (Phi) is 4.18. The zero-order chi connectivity index (χ0) is 14.8. The van der Waals surface area contributed by atoms with Gasteiger partial charge < -0.3 is 15.2 Å². The number of carbonyl (C=O) groups is 1. The van der Waals surface area contributed by atoms with E-state index in [0.29, 0.717) is 13.1 Å². The number of hydrogen-bond acceptors (Lipinski definition) is 4. The average Bonchev–Trinajstić information content (AvgIpc) is 2.37. The van der Waals surface area contributed by atoms with E-state index in [1.807, 2.05) is 26.8 Å². The van der Waals surface area contributed by atoms with Crippen molar-refractivity contribution in [2.75, 3.05) is 19.6 Å². The van der Waals surface area contributed by atoms with Crippen molar-refractivity contribution in [3.05, 3.63) is 29.8 Å². The summed E-state index contributed by atoms with van der Waals surface area (Å²) in [6.45, 7) is 7.57. The molecular formula is C15H22N2O3. The lowest BCUT2D eigenvalue weighted by Crippen LogP contribution is -2.50. The molecule has 1 aliphatic heterocycles. The predicted octanol–water partition coefficient (Wildman–Crippen LogP) is 2.27. The molecule has 110 valence electrons. The Labute approximate surface area is 119 Å². The number of nitrogens with zero attached hydrogens (tertiary/aromatic N) is 1. The number of phenols is 1. The van der Waals surface area contributed by atoms with E-state index in [1.54, 1.807) is 23.1 Å². The first-order valence-electron chi connectivity index (χ1n) is 6.86. The lowest BCUT2D eigenvalue weighted by atomic mass is 10.0. The van der Waals surface area contributed by atoms with Gasteiger partial charge in [0, 0.05) is 19.6 Å². The van der Waals surface area contributed by atoms with Crippen molar-refractivity contribution in [1.29, 1.82) is 0 Å². The highest BCUT2D eigenvalue weighted by molar-refractivity contribution is 5.69. The first-order chi connectivity index (χ1) is 9.37. The Morgan fingerprint density at radius 2 is 2.20 bits per heavy atom. The molecule has 1 aliphatic rings. The summed E-state index contributed by atoms with van der Waals surface area (Å²) in [5, 5.41) is 12.9. The molecule has 0 bridgehead atoms. The Hall–Kier alpha value is -1.75. The van der Waals surface area contributed by atoms with E-state index in [0.717, 1.165) is 12.1 Å². The van der Waals surface area contributed by atoms with Crippen molar-refractivity contribution >= 4 is 6.09 Å². The molecule has 1 aromatic rings. The third-order valence-corrected chi connectivity index (χ3v) is 3.13. The second-order valence-corrected chi connectivity index (χ2v) is 5.99. The maximum Gasteiger partial charge on any atom is 0.410 e. The molecule has 0 radical (unpaired) electrons. The molecule has 1 unspecified atom stereocenters. The second kappa shape index (κ2) is 5.71. The number of hydrogen-bond donors (Lipinski definition) is 2. The van der Waals surface area contributed by atoms with E-state index in [4.69, 9.17) is 4.74 Å². The van der Waals surface area contributed by atoms with Crippen LogP contribution in [0.3, 0.4) is 0 Å². The van der Waals surface area contributed by atoms with Crippen molar-refractivity contribution in [3.8, 4) is 5.75 Å². The van der Waals surface area contributed by atoms with Gasteiger partial charge in [-0.1, -0.05) is 12.1 Å². The van der Waals surface area contributed by atoms with Gasteiger partial charge in [-0.15, -0.1) is 0 Å². The monoisotopic (exact) mass is 278 g/mol. The zero-order valence-corrected chi connectivity index (χ0v) is 12.2. The molecule has 5 nitrogen and oxygen atoms in total. The number of amides is 1. The lowest BCUT2D eigenvalue weighted by molar-refractivity contribution is 0.0117. The molecule has 1 heterocycles. The molecule has 1 fully saturated rings. The van der Waals surface area contributed by atoms with Crippen LogP contribution in [0.2, 0.25) is 0 Å². The SMILES string of the molecule is CC(C)(C)OC(=O)N1CCNCC1c1cccc(O)c1. The van der Waals surface area contributed by atoms with Crippen molar-refractivity contribution in [1.82, 2.24) is 10.2 Å². The molecule has 1 amide bonds. The van der Waals surface area contributed by atoms with Gasteiger partial charge in [-0.3, -0.25) is 4.90 Å². The number of piperazine rings is 1. The maximum atomic E-state index is 12.3. The fraction of sp³-hybridized carbons (Fsp3) is 0.533. The van der Waals surface area contributed by atoms with Crippen molar-refractivity contribution in [2.24, 2.45) is 0 Å². The number of rotatable bonds is 1. The van der Waals surface area contributed by atoms with Crippen LogP contribution in [-0.2, 0) is 4.74 Å². The molecular weight excluding hydrogens is 256 g/mol. The van der Waals surface area contributed by atoms with E-state index in [2.05, 4.69) is 5.32 Å². The quantitative estimate of drug-likeness (QED) is 0.827. The lowest BCUT2D eigenvalue weighted by Gasteiger charge is -2.37. The summed E-state index contributed by atoms with van der Waals surface area (Å²) in [6.07, 6.45) is -0.313. The van der Waals surface area contributed by atoms with E-state index in [1.165, 1.54) is 0 Å². The van der Waals surface area contributed by atoms with Crippen LogP contribution >= 0.6 is 0 Å². The zero-order valence-electron chi connectivity index (χ0n) is 12.2. The van der Waals surface area contributed by atoms with Crippen LogP contribution in [0, 0.1) is 0 Å². The summed E-state index contributed by atoms with van der Waals surface area (Å²) < 4.78 is 5.46. The third-order valence-electron chi connectivity index (χ3n) is 3.13. The molecule has 0 aliphatic carbocycles. The molecule has 5 heteroatoms. The molecule has 2 N–H and O–H groups in total. The minimum absolute atomic E-state index is 0.120. The highest BCUT2D eigenvalue weighted by Gasteiger charge is 2.31. The van der Waals surface area contributed by atoms with Crippen LogP contribution in [0.15, 0.2) is 24.3 Å². The third kappa shape index (κ3) is 3.63. The van der Waals surface area contributed by atoms with Crippen LogP contribution in [0.5, 0.6) is 5.75 Å². The van der Waals surface area contributed by atoms with Crippen LogP contribution in [-0.4, -0.2) is 41.3 Å². The van der Waals surface area contributed by atoms with Gasteiger partial charge in [0.2, 0.25) is 0 Å². The molecule has 0 aromatic heterocycles. The van der Waals surface area contributed by atoms with E-state index in [9.17, 15) is 9.90 Å². The highest BCUT2D eigenvalue weighted by atomic mass is 16.6. The van der Waals surface area contributed by atoms with Gasteiger partial charge in [0.05, 0.1) is 6.04 Å². The summed E-state index contributed by atoms with van der Waals surface area (Å²) in [7, 11) is 0. The Balaban J connectivity index is 2.19. The minimum Gasteiger partial charge on any atom is -0.508 e. The number of nitrogens with one attached hydrogen (secondary N) is 1. The first kappa shape index (κ1) is 14.7. The Bertz CT molecular complexity index is 482. The largest absolute Gasteiger partial charge is 0.508 e. The Morgan fingerprint density at radius 1 is 1.45 bits per heavy atom. The van der Waals surface area contributed by atoms with Crippen LogP contribution in [0.4, 0.5) is 4.79 Å². The molecule has 1 aromatic carbocycles. The van der Waals surface area contributed by atoms with Gasteiger partial charge in [-0.25, -0.2) is 4.79 Å². The normalized spacial score (nSPS) is 19.8. The standard InChI is InChI=1S/C15H22N2O3/c1-15(2,3)20-14(19)17-8-7-16-10-13(17)11-5-4-6-12(18)9-11/h4-6,9,13,16,18H,7-8,10H2,1-3H3. The molecule has 2 rings (SSSR count). The van der Waals surface area contributed by atoms with Crippen molar-refractivity contribution in [2.45, 2.75) is 32.4 Å². The van der Waals surface area contributed by atoms with Crippen LogP contribution in [0.25, 0.3) is 0 Å². The van der Waals surface area contributed by atoms with Gasteiger partial charge in [-0.2, -0.15) is 0 Å². The smallest absolute Gasteiger partial charge is 0.410 e. The van der Waals surface area contributed by atoms with Gasteiger partial charge in [0.25, 0.3) is 0 Å². The summed E-state index contributed by atoms with van der Waals surface area (Å²) in [6, 6.07) is 6.89. The fourth-order valence-electron chi connectivity index (χ4n) is 2.27. The summed E-state index contributed by atoms with van der Waals surface area (Å²) >= 11 is 0. The van der Waals surface area contributed by atoms with E-state index < -0.39 is 5.60 Å². The predicted molar refractivity (Wildman–Crippen MR) is 76.7 cm³/mol. The second-order valence-electron chi connectivity index (χ2n) is 5.99. The molecule has 20 heavy (non-hydrogen) atoms. The first-order valence-corrected chi connectivity index (χ1v) is 6.86. The number of carbonyl (C=O) groups excluding carboxylic acids is 1. The number of benzene rings is 1. The topological polar surface area (TPSA) is 61.8 Å². The highest BCUT2D eigenvalue weighted by Crippen LogP contribution is 2.26. The van der Waals surface area contributed by atoms with Crippen LogP contribution < -0.4 is 5.32 Å². The van der Waals surface area contributed by atoms with Crippen molar-refractivity contribution in [3.63, 3.8) is 0 Å². The number of aromatic hydroxyl groups is 1. The summed E-state index contributed by atoms with van der Waals surface area (Å²) in [5.41, 5.74) is 0.397. The van der Waals surface area contributed by atoms with E-state index >= 15 is 0 Å². The number of ether oxygens (including phenoxy) is 1. The maximum absolute atomic E-state index is 12.3. The molecule has 0 spiro atoms. The summed E-state index contributed by atoms with van der Waals surface area (Å²) in [4.78, 5) is 14.0. The molecule has 0 saturated carbocycles. The molecule has 1 saturated heterocycles. The van der Waals surface area contributed by atoms with Crippen LogP contribution in [0.1, 0.15) is 32.4 Å². The van der Waals surface area contributed by atoms with E-state index in [-0.39, 0.29) is 17.9 Å². The van der Waals surface area contributed by atoms with Gasteiger partial charge >= 0.3 is 6.09 Å². The molecule has 1 atom stereocenters. The fourth-order valence-corrected chi connectivity index (χ4v) is 2.27. The van der Waals surface area contributed by atoms with Gasteiger partial charge in [0.15, 0.2) is 0 Å². The number of phenolic OH excluding ortho intramolecular Hbond substituents is 1. The summed E-state index contributed by atoms with van der Waals surface area (Å²) in [5.74, 6) is 0.206. The minimum atomic E-state index is -0.509. The van der Waals surface area contributed by atoms with Gasteiger partial charge in [-0.05, 0) is 38.5 Å². The van der Waals surface area contributed by atoms with Crippen molar-refractivity contribution < 1.29 is 14.6 Å². The average molecular weight is 278 g/mol. The Morgan fingerprint density at radius 3 is 2.85 bits per heavy atom. The van der Waals surface area contributed by atoms with Gasteiger partial charge in [0.1, 0.15) is 11.4 Å².